The van der Waals surface area contributed by atoms with Gasteiger partial charge in [0.15, 0.2) is 0 Å². The van der Waals surface area contributed by atoms with Gasteiger partial charge in [-0.2, -0.15) is 0 Å². The number of thioether (sulfide) groups is 1. The predicted octanol–water partition coefficient (Wildman–Crippen LogP) is 1.81. The molecule has 0 saturated heterocycles. The number of dihydropyridines is 1. The summed E-state index contributed by atoms with van der Waals surface area (Å²) in [5, 5.41) is 11.7. The summed E-state index contributed by atoms with van der Waals surface area (Å²) in [7, 11) is 0. The summed E-state index contributed by atoms with van der Waals surface area (Å²) in [5.74, 6) is -1.22. The van der Waals surface area contributed by atoms with Crippen molar-refractivity contribution in [2.24, 2.45) is 4.99 Å². The van der Waals surface area contributed by atoms with Crippen molar-refractivity contribution in [3.05, 3.63) is 35.9 Å². The molecule has 2 unspecified atom stereocenters. The number of carboxylic acid groups (broad SMARTS) is 1. The lowest BCUT2D eigenvalue weighted by molar-refractivity contribution is -0.117. The van der Waals surface area contributed by atoms with Gasteiger partial charge < -0.3 is 10.4 Å². The van der Waals surface area contributed by atoms with Crippen LogP contribution in [0.15, 0.2) is 40.2 Å². The highest BCUT2D eigenvalue weighted by atomic mass is 32.2. The van der Waals surface area contributed by atoms with Crippen molar-refractivity contribution in [3.8, 4) is 0 Å². The van der Waals surface area contributed by atoms with E-state index in [1.165, 1.54) is 23.9 Å². The van der Waals surface area contributed by atoms with Gasteiger partial charge in [0.1, 0.15) is 6.04 Å². The molecule has 1 amide bonds. The Morgan fingerprint density at radius 3 is 3.05 bits per heavy atom. The second kappa shape index (κ2) is 4.55. The number of rotatable bonds is 1. The van der Waals surface area contributed by atoms with Crippen molar-refractivity contribution >= 4 is 35.5 Å². The SMILES string of the molecule is O=C(O)c1ccc2c(c1)NC(=O)C1N=CC=CC1S2. The van der Waals surface area contributed by atoms with Crippen molar-refractivity contribution in [2.45, 2.75) is 16.2 Å². The van der Waals surface area contributed by atoms with Crippen LogP contribution in [0, 0.1) is 0 Å². The summed E-state index contributed by atoms with van der Waals surface area (Å²) in [6, 6.07) is 4.28. The Labute approximate surface area is 113 Å². The minimum atomic E-state index is -1.01. The van der Waals surface area contributed by atoms with Crippen LogP contribution in [-0.4, -0.2) is 34.5 Å². The number of fused-ring (bicyclic) bond motifs is 2. The molecule has 0 radical (unpaired) electrons. The molecule has 0 fully saturated rings. The molecule has 5 nitrogen and oxygen atoms in total. The highest BCUT2D eigenvalue weighted by molar-refractivity contribution is 8.00. The first-order chi connectivity index (χ1) is 9.15. The van der Waals surface area contributed by atoms with E-state index in [4.69, 9.17) is 5.11 Å². The molecule has 0 bridgehead atoms. The number of carboxylic acids is 1. The molecule has 0 spiro atoms. The fraction of sp³-hybridized carbons (Fsp3) is 0.154. The van der Waals surface area contributed by atoms with E-state index >= 15 is 0 Å². The fourth-order valence-corrected chi connectivity index (χ4v) is 3.20. The molecular formula is C13H10N2O3S. The van der Waals surface area contributed by atoms with E-state index < -0.39 is 12.0 Å². The minimum Gasteiger partial charge on any atom is -0.478 e. The maximum absolute atomic E-state index is 12.1. The summed E-state index contributed by atoms with van der Waals surface area (Å²) in [4.78, 5) is 28.1. The van der Waals surface area contributed by atoms with Gasteiger partial charge in [-0.05, 0) is 24.3 Å². The number of aliphatic imine (C=N–C) groups is 1. The zero-order valence-corrected chi connectivity index (χ0v) is 10.6. The lowest BCUT2D eigenvalue weighted by Crippen LogP contribution is -2.33. The third kappa shape index (κ3) is 2.15. The molecule has 1 aromatic carbocycles. The second-order valence-electron chi connectivity index (χ2n) is 4.22. The highest BCUT2D eigenvalue weighted by Gasteiger charge is 2.32. The Kier molecular flexibility index (Phi) is 2.87. The molecule has 1 aromatic rings. The molecule has 0 aliphatic carbocycles. The molecule has 2 aliphatic heterocycles. The van der Waals surface area contributed by atoms with Crippen molar-refractivity contribution < 1.29 is 14.7 Å². The molecule has 0 saturated carbocycles. The van der Waals surface area contributed by atoms with E-state index in [1.54, 1.807) is 12.3 Å². The van der Waals surface area contributed by atoms with Crippen LogP contribution in [0.3, 0.4) is 0 Å². The molecule has 2 N–H and O–H groups in total. The van der Waals surface area contributed by atoms with Gasteiger partial charge in [0.25, 0.3) is 5.91 Å². The number of nitrogens with one attached hydrogen (secondary N) is 1. The Balaban J connectivity index is 2.02. The van der Waals surface area contributed by atoms with Crippen LogP contribution >= 0.6 is 11.8 Å². The van der Waals surface area contributed by atoms with Crippen LogP contribution in [0.5, 0.6) is 0 Å². The number of amides is 1. The van der Waals surface area contributed by atoms with E-state index in [9.17, 15) is 9.59 Å². The number of hydrogen-bond acceptors (Lipinski definition) is 4. The standard InChI is InChI=1S/C13H10N2O3S/c16-12-11-10(2-1-5-14-11)19-9-4-3-7(13(17)18)6-8(9)15-12/h1-6,10-11H,(H,15,16)(H,17,18). The molecule has 3 rings (SSSR count). The van der Waals surface area contributed by atoms with Crippen molar-refractivity contribution in [1.29, 1.82) is 0 Å². The molecule has 19 heavy (non-hydrogen) atoms. The lowest BCUT2D eigenvalue weighted by Gasteiger charge is -2.17. The summed E-state index contributed by atoms with van der Waals surface area (Å²) in [6.45, 7) is 0. The Hall–Kier alpha value is -2.08. The van der Waals surface area contributed by atoms with Gasteiger partial charge in [-0.25, -0.2) is 4.79 Å². The van der Waals surface area contributed by atoms with Gasteiger partial charge in [-0.15, -0.1) is 11.8 Å². The quantitative estimate of drug-likeness (QED) is 0.818. The number of benzene rings is 1. The maximum Gasteiger partial charge on any atom is 0.335 e. The summed E-state index contributed by atoms with van der Waals surface area (Å²) < 4.78 is 0. The normalized spacial score (nSPS) is 24.1. The molecule has 96 valence electrons. The minimum absolute atomic E-state index is 0.0538. The van der Waals surface area contributed by atoms with Gasteiger partial charge in [-0.3, -0.25) is 9.79 Å². The zero-order valence-electron chi connectivity index (χ0n) is 9.74. The monoisotopic (exact) mass is 274 g/mol. The molecule has 2 atom stereocenters. The van der Waals surface area contributed by atoms with Crippen LogP contribution < -0.4 is 5.32 Å². The zero-order chi connectivity index (χ0) is 13.4. The lowest BCUT2D eigenvalue weighted by atomic mass is 10.1. The van der Waals surface area contributed by atoms with Gasteiger partial charge in [-0.1, -0.05) is 6.08 Å². The first-order valence-electron chi connectivity index (χ1n) is 5.70. The smallest absolute Gasteiger partial charge is 0.335 e. The van der Waals surface area contributed by atoms with Crippen LogP contribution in [0.4, 0.5) is 5.69 Å². The summed E-state index contributed by atoms with van der Waals surface area (Å²) in [5.41, 5.74) is 0.691. The summed E-state index contributed by atoms with van der Waals surface area (Å²) in [6.07, 6.45) is 5.36. The van der Waals surface area contributed by atoms with E-state index in [0.29, 0.717) is 5.69 Å². The van der Waals surface area contributed by atoms with Crippen molar-refractivity contribution in [2.75, 3.05) is 5.32 Å². The molecule has 0 aromatic heterocycles. The number of hydrogen-bond donors (Lipinski definition) is 2. The number of aromatic carboxylic acids is 1. The third-order valence-electron chi connectivity index (χ3n) is 2.96. The number of anilines is 1. The largest absolute Gasteiger partial charge is 0.478 e. The number of nitrogens with zero attached hydrogens (tertiary/aromatic N) is 1. The van der Waals surface area contributed by atoms with Crippen LogP contribution in [-0.2, 0) is 4.79 Å². The van der Waals surface area contributed by atoms with Gasteiger partial charge in [0.05, 0.1) is 16.5 Å². The predicted molar refractivity (Wildman–Crippen MR) is 73.1 cm³/mol. The Morgan fingerprint density at radius 2 is 2.26 bits per heavy atom. The third-order valence-corrected chi connectivity index (χ3v) is 4.26. The Morgan fingerprint density at radius 1 is 1.42 bits per heavy atom. The van der Waals surface area contributed by atoms with E-state index in [1.807, 2.05) is 12.2 Å². The van der Waals surface area contributed by atoms with Crippen LogP contribution in [0.1, 0.15) is 10.4 Å². The van der Waals surface area contributed by atoms with Gasteiger partial charge in [0.2, 0.25) is 0 Å². The van der Waals surface area contributed by atoms with E-state index in [-0.39, 0.29) is 16.7 Å². The average molecular weight is 274 g/mol. The summed E-state index contributed by atoms with van der Waals surface area (Å²) >= 11 is 1.51. The molecule has 6 heteroatoms. The van der Waals surface area contributed by atoms with Gasteiger partial charge in [0, 0.05) is 11.1 Å². The average Bonchev–Trinajstić information content (AvgIpc) is 2.54. The maximum atomic E-state index is 12.1. The van der Waals surface area contributed by atoms with Gasteiger partial charge >= 0.3 is 5.97 Å². The van der Waals surface area contributed by atoms with E-state index in [0.717, 1.165) is 4.90 Å². The first kappa shape index (κ1) is 12.0. The topological polar surface area (TPSA) is 78.8 Å². The van der Waals surface area contributed by atoms with Crippen molar-refractivity contribution in [3.63, 3.8) is 0 Å². The molecular weight excluding hydrogens is 264 g/mol. The molecule has 2 heterocycles. The van der Waals surface area contributed by atoms with Crippen LogP contribution in [0.25, 0.3) is 0 Å². The Bertz CT molecular complexity index is 624. The molecule has 2 aliphatic rings. The highest BCUT2D eigenvalue weighted by Crippen LogP contribution is 2.37. The van der Waals surface area contributed by atoms with Crippen LogP contribution in [0.2, 0.25) is 0 Å². The fourth-order valence-electron chi connectivity index (χ4n) is 2.03. The number of carbonyl (C=O) groups is 2. The van der Waals surface area contributed by atoms with E-state index in [2.05, 4.69) is 10.3 Å². The number of allylic oxidation sites excluding steroid dienone is 1. The first-order valence-corrected chi connectivity index (χ1v) is 6.58. The second-order valence-corrected chi connectivity index (χ2v) is 5.44. The van der Waals surface area contributed by atoms with Crippen molar-refractivity contribution in [1.82, 2.24) is 0 Å². The number of carbonyl (C=O) groups excluding carboxylic acids is 1.